The zero-order valence-corrected chi connectivity index (χ0v) is 16.7. The van der Waals surface area contributed by atoms with Crippen molar-refractivity contribution in [3.63, 3.8) is 0 Å². The molecule has 0 spiro atoms. The van der Waals surface area contributed by atoms with Gasteiger partial charge in [-0.05, 0) is 33.8 Å². The second-order valence-electron chi connectivity index (χ2n) is 7.00. The normalized spacial score (nSPS) is 16.4. The maximum absolute atomic E-state index is 5.69. The Morgan fingerprint density at radius 1 is 1.19 bits per heavy atom. The van der Waals surface area contributed by atoms with E-state index in [0.717, 1.165) is 56.7 Å². The first kappa shape index (κ1) is 20.5. The number of hydrogen-bond donors (Lipinski definition) is 2. The molecule has 1 heterocycles. The summed E-state index contributed by atoms with van der Waals surface area (Å²) in [5, 5.41) is 6.83. The van der Waals surface area contributed by atoms with Crippen molar-refractivity contribution in [3.05, 3.63) is 29.8 Å². The molecule has 0 saturated carbocycles. The van der Waals surface area contributed by atoms with E-state index in [-0.39, 0.29) is 5.54 Å². The van der Waals surface area contributed by atoms with Crippen molar-refractivity contribution in [2.24, 2.45) is 4.99 Å². The van der Waals surface area contributed by atoms with Crippen LogP contribution in [-0.4, -0.2) is 62.4 Å². The molecule has 1 saturated heterocycles. The summed E-state index contributed by atoms with van der Waals surface area (Å²) in [6.07, 6.45) is 0. The van der Waals surface area contributed by atoms with Crippen molar-refractivity contribution < 1.29 is 9.47 Å². The number of aliphatic imine (C=N–C) groups is 1. The Kier molecular flexibility index (Phi) is 8.19. The highest BCUT2D eigenvalue weighted by Gasteiger charge is 2.28. The van der Waals surface area contributed by atoms with Gasteiger partial charge in [-0.3, -0.25) is 4.90 Å². The lowest BCUT2D eigenvalue weighted by Crippen LogP contribution is -2.56. The number of guanidine groups is 1. The third kappa shape index (κ3) is 6.18. The molecule has 0 unspecified atom stereocenters. The van der Waals surface area contributed by atoms with Crippen LogP contribution >= 0.6 is 0 Å². The van der Waals surface area contributed by atoms with Crippen LogP contribution < -0.4 is 15.4 Å². The molecule has 1 aromatic carbocycles. The van der Waals surface area contributed by atoms with E-state index in [2.05, 4.69) is 42.4 Å². The van der Waals surface area contributed by atoms with Gasteiger partial charge < -0.3 is 20.1 Å². The van der Waals surface area contributed by atoms with Gasteiger partial charge in [-0.25, -0.2) is 4.99 Å². The molecule has 2 rings (SSSR count). The van der Waals surface area contributed by atoms with Crippen molar-refractivity contribution in [2.45, 2.75) is 39.8 Å². The number of ether oxygens (including phenoxy) is 2. The topological polar surface area (TPSA) is 58.1 Å². The number of para-hydroxylation sites is 1. The highest BCUT2D eigenvalue weighted by Crippen LogP contribution is 2.19. The van der Waals surface area contributed by atoms with E-state index in [1.54, 1.807) is 0 Å². The number of hydrogen-bond acceptors (Lipinski definition) is 4. The third-order valence-electron chi connectivity index (χ3n) is 4.58. The van der Waals surface area contributed by atoms with Crippen LogP contribution in [0, 0.1) is 0 Å². The van der Waals surface area contributed by atoms with Crippen molar-refractivity contribution in [3.8, 4) is 5.75 Å². The Morgan fingerprint density at radius 3 is 2.62 bits per heavy atom. The number of morpholine rings is 1. The molecule has 1 fully saturated rings. The molecule has 0 atom stereocenters. The summed E-state index contributed by atoms with van der Waals surface area (Å²) in [7, 11) is 0. The van der Waals surface area contributed by atoms with E-state index in [9.17, 15) is 0 Å². The van der Waals surface area contributed by atoms with Gasteiger partial charge in [0.15, 0.2) is 5.96 Å². The van der Waals surface area contributed by atoms with Crippen LogP contribution in [-0.2, 0) is 11.3 Å². The predicted octanol–water partition coefficient (Wildman–Crippen LogP) is 2.25. The molecule has 1 aliphatic rings. The molecule has 0 aliphatic carbocycles. The van der Waals surface area contributed by atoms with Crippen LogP contribution in [0.3, 0.4) is 0 Å². The fourth-order valence-electron chi connectivity index (χ4n) is 3.02. The largest absolute Gasteiger partial charge is 0.494 e. The Labute approximate surface area is 158 Å². The standard InChI is InChI=1S/C20H34N4O2/c1-5-21-19(22-15-17-9-7-8-10-18(17)26-6-2)23-16-20(3,4)24-11-13-25-14-12-24/h7-10H,5-6,11-16H2,1-4H3,(H2,21,22,23). The van der Waals surface area contributed by atoms with Gasteiger partial charge in [0.1, 0.15) is 5.75 Å². The molecule has 0 radical (unpaired) electrons. The first-order valence-corrected chi connectivity index (χ1v) is 9.62. The summed E-state index contributed by atoms with van der Waals surface area (Å²) in [5.41, 5.74) is 1.14. The number of benzene rings is 1. The molecule has 0 bridgehead atoms. The van der Waals surface area contributed by atoms with E-state index < -0.39 is 0 Å². The summed E-state index contributed by atoms with van der Waals surface area (Å²) >= 11 is 0. The van der Waals surface area contributed by atoms with Gasteiger partial charge >= 0.3 is 0 Å². The van der Waals surface area contributed by atoms with Crippen molar-refractivity contribution in [1.82, 2.24) is 15.5 Å². The highest BCUT2D eigenvalue weighted by atomic mass is 16.5. The van der Waals surface area contributed by atoms with Crippen molar-refractivity contribution in [2.75, 3.05) is 46.0 Å². The summed E-state index contributed by atoms with van der Waals surface area (Å²) in [4.78, 5) is 7.22. The molecule has 2 N–H and O–H groups in total. The van der Waals surface area contributed by atoms with E-state index in [1.165, 1.54) is 0 Å². The summed E-state index contributed by atoms with van der Waals surface area (Å²) in [6.45, 7) is 15.1. The average molecular weight is 363 g/mol. The van der Waals surface area contributed by atoms with E-state index in [4.69, 9.17) is 14.5 Å². The molecule has 0 aromatic heterocycles. The molecule has 6 heteroatoms. The van der Waals surface area contributed by atoms with Crippen molar-refractivity contribution >= 4 is 5.96 Å². The van der Waals surface area contributed by atoms with Crippen molar-refractivity contribution in [1.29, 1.82) is 0 Å². The van der Waals surface area contributed by atoms with Gasteiger partial charge in [0.05, 0.1) is 26.4 Å². The molecule has 146 valence electrons. The Bertz CT molecular complexity index is 569. The maximum atomic E-state index is 5.69. The number of nitrogens with zero attached hydrogens (tertiary/aromatic N) is 2. The van der Waals surface area contributed by atoms with Gasteiger partial charge in [-0.2, -0.15) is 0 Å². The minimum Gasteiger partial charge on any atom is -0.494 e. The maximum Gasteiger partial charge on any atom is 0.191 e. The lowest BCUT2D eigenvalue weighted by Gasteiger charge is -2.41. The molecular formula is C20H34N4O2. The molecule has 1 aromatic rings. The fraction of sp³-hybridized carbons (Fsp3) is 0.650. The van der Waals surface area contributed by atoms with Crippen LogP contribution in [0.15, 0.2) is 29.3 Å². The van der Waals surface area contributed by atoms with E-state index in [1.807, 2.05) is 25.1 Å². The molecule has 6 nitrogen and oxygen atoms in total. The summed E-state index contributed by atoms with van der Waals surface area (Å²) in [5.74, 6) is 1.74. The Balaban J connectivity index is 1.98. The smallest absolute Gasteiger partial charge is 0.191 e. The third-order valence-corrected chi connectivity index (χ3v) is 4.58. The number of rotatable bonds is 8. The Hall–Kier alpha value is -1.79. The van der Waals surface area contributed by atoms with E-state index in [0.29, 0.717) is 13.2 Å². The first-order chi connectivity index (χ1) is 12.6. The Morgan fingerprint density at radius 2 is 1.92 bits per heavy atom. The minimum atomic E-state index is 0.0448. The summed E-state index contributed by atoms with van der Waals surface area (Å²) < 4.78 is 11.2. The van der Waals surface area contributed by atoms with Gasteiger partial charge in [-0.15, -0.1) is 0 Å². The minimum absolute atomic E-state index is 0.0448. The average Bonchev–Trinajstić information content (AvgIpc) is 2.66. The van der Waals surface area contributed by atoms with Crippen LogP contribution in [0.4, 0.5) is 0 Å². The lowest BCUT2D eigenvalue weighted by atomic mass is 10.0. The van der Waals surface area contributed by atoms with E-state index >= 15 is 0 Å². The highest BCUT2D eigenvalue weighted by molar-refractivity contribution is 5.79. The lowest BCUT2D eigenvalue weighted by molar-refractivity contribution is -0.00834. The predicted molar refractivity (Wildman–Crippen MR) is 107 cm³/mol. The van der Waals surface area contributed by atoms with Gasteiger partial charge in [-0.1, -0.05) is 18.2 Å². The molecular weight excluding hydrogens is 328 g/mol. The van der Waals surface area contributed by atoms with Crippen LogP contribution in [0.2, 0.25) is 0 Å². The van der Waals surface area contributed by atoms with Gasteiger partial charge in [0.2, 0.25) is 0 Å². The summed E-state index contributed by atoms with van der Waals surface area (Å²) in [6, 6.07) is 8.08. The monoisotopic (exact) mass is 362 g/mol. The van der Waals surface area contributed by atoms with Crippen LogP contribution in [0.5, 0.6) is 5.75 Å². The first-order valence-electron chi connectivity index (χ1n) is 9.62. The molecule has 1 aliphatic heterocycles. The quantitative estimate of drug-likeness (QED) is 0.549. The van der Waals surface area contributed by atoms with Gasteiger partial charge in [0.25, 0.3) is 0 Å². The zero-order chi connectivity index (χ0) is 18.8. The SMILES string of the molecule is CCNC(=NCc1ccccc1OCC)NCC(C)(C)N1CCOCC1. The molecule has 26 heavy (non-hydrogen) atoms. The molecule has 0 amide bonds. The van der Waals surface area contributed by atoms with Gasteiger partial charge in [0, 0.05) is 37.3 Å². The second kappa shape index (κ2) is 10.4. The number of nitrogens with one attached hydrogen (secondary N) is 2. The van der Waals surface area contributed by atoms with Crippen LogP contribution in [0.25, 0.3) is 0 Å². The second-order valence-corrected chi connectivity index (χ2v) is 7.00. The fourth-order valence-corrected chi connectivity index (χ4v) is 3.02. The zero-order valence-electron chi connectivity index (χ0n) is 16.7. The van der Waals surface area contributed by atoms with Crippen LogP contribution in [0.1, 0.15) is 33.3 Å².